The highest BCUT2D eigenvalue weighted by molar-refractivity contribution is 7.10. The lowest BCUT2D eigenvalue weighted by Crippen LogP contribution is -2.45. The van der Waals surface area contributed by atoms with E-state index in [1.807, 2.05) is 40.6 Å². The molecule has 1 fully saturated rings. The lowest BCUT2D eigenvalue weighted by molar-refractivity contribution is -0.141. The molecule has 0 N–H and O–H groups in total. The average Bonchev–Trinajstić information content (AvgIpc) is 3.42. The predicted molar refractivity (Wildman–Crippen MR) is 110 cm³/mol. The largest absolute Gasteiger partial charge is 0.332 e. The fourth-order valence-electron chi connectivity index (χ4n) is 3.02. The van der Waals surface area contributed by atoms with Crippen molar-refractivity contribution in [2.75, 3.05) is 6.54 Å². The molecule has 1 aliphatic carbocycles. The van der Waals surface area contributed by atoms with Gasteiger partial charge in [-0.25, -0.2) is 0 Å². The van der Waals surface area contributed by atoms with Crippen molar-refractivity contribution in [3.05, 3.63) is 57.8 Å². The first-order chi connectivity index (χ1) is 13.0. The van der Waals surface area contributed by atoms with E-state index in [1.165, 1.54) is 10.4 Å². The lowest BCUT2D eigenvalue weighted by Gasteiger charge is -2.28. The topological polar surface area (TPSA) is 40.6 Å². The first-order valence-corrected chi connectivity index (χ1v) is 10.6. The lowest BCUT2D eigenvalue weighted by atomic mass is 10.2. The van der Waals surface area contributed by atoms with Crippen LogP contribution in [-0.4, -0.2) is 39.6 Å². The number of benzene rings is 1. The van der Waals surface area contributed by atoms with Crippen LogP contribution in [0.4, 0.5) is 0 Å². The Bertz CT molecular complexity index is 786. The van der Waals surface area contributed by atoms with E-state index in [2.05, 4.69) is 13.0 Å². The molecule has 144 valence electrons. The molecule has 1 heterocycles. The molecule has 2 amide bonds. The van der Waals surface area contributed by atoms with Gasteiger partial charge in [0.05, 0.1) is 6.54 Å². The van der Waals surface area contributed by atoms with E-state index in [0.717, 1.165) is 18.4 Å². The highest BCUT2D eigenvalue weighted by atomic mass is 35.5. The third-order valence-electron chi connectivity index (χ3n) is 4.79. The number of aryl methyl sites for hydroxylation is 1. The minimum absolute atomic E-state index is 0.0378. The highest BCUT2D eigenvalue weighted by Gasteiger charge is 2.36. The van der Waals surface area contributed by atoms with Crippen LogP contribution in [0.25, 0.3) is 0 Å². The van der Waals surface area contributed by atoms with E-state index in [4.69, 9.17) is 11.6 Å². The summed E-state index contributed by atoms with van der Waals surface area (Å²) in [5.41, 5.74) is 2.27. The molecule has 1 aromatic heterocycles. The molecule has 1 atom stereocenters. The molecule has 0 bridgehead atoms. The molecule has 1 aliphatic rings. The van der Waals surface area contributed by atoms with Gasteiger partial charge in [0.1, 0.15) is 11.9 Å². The van der Waals surface area contributed by atoms with Gasteiger partial charge in [0, 0.05) is 17.5 Å². The summed E-state index contributed by atoms with van der Waals surface area (Å²) < 4.78 is 0. The number of carbonyl (C=O) groups excluding carboxylic acids is 2. The summed E-state index contributed by atoms with van der Waals surface area (Å²) in [4.78, 5) is 30.3. The van der Waals surface area contributed by atoms with Gasteiger partial charge in [0.2, 0.25) is 11.8 Å². The summed E-state index contributed by atoms with van der Waals surface area (Å²) >= 11 is 7.67. The van der Waals surface area contributed by atoms with Gasteiger partial charge in [-0.05, 0) is 49.3 Å². The molecule has 6 heteroatoms. The summed E-state index contributed by atoms with van der Waals surface area (Å²) in [5, 5.41) is 1.44. The first kappa shape index (κ1) is 19.9. The van der Waals surface area contributed by atoms with Crippen LogP contribution in [0.1, 0.15) is 35.8 Å². The Morgan fingerprint density at radius 1 is 1.19 bits per heavy atom. The third-order valence-corrected chi connectivity index (χ3v) is 5.98. The fraction of sp³-hybridized carbons (Fsp3) is 0.429. The zero-order valence-electron chi connectivity index (χ0n) is 15.7. The molecular weight excluding hydrogens is 380 g/mol. The van der Waals surface area contributed by atoms with Crippen molar-refractivity contribution in [3.63, 3.8) is 0 Å². The molecule has 0 saturated heterocycles. The quantitative estimate of drug-likeness (QED) is 0.618. The summed E-state index contributed by atoms with van der Waals surface area (Å²) in [7, 11) is 0. The van der Waals surface area contributed by atoms with Gasteiger partial charge in [-0.15, -0.1) is 22.9 Å². The molecule has 27 heavy (non-hydrogen) atoms. The van der Waals surface area contributed by atoms with E-state index in [0.29, 0.717) is 13.1 Å². The molecule has 4 nitrogen and oxygen atoms in total. The second-order valence-corrected chi connectivity index (χ2v) is 8.73. The van der Waals surface area contributed by atoms with Crippen LogP contribution in [0.2, 0.25) is 0 Å². The zero-order valence-corrected chi connectivity index (χ0v) is 17.3. The van der Waals surface area contributed by atoms with Crippen molar-refractivity contribution < 1.29 is 9.59 Å². The molecule has 1 unspecified atom stereocenters. The number of carbonyl (C=O) groups is 2. The number of thiophene rings is 1. The predicted octanol–water partition coefficient (Wildman–Crippen LogP) is 4.20. The second-order valence-electron chi connectivity index (χ2n) is 7.08. The monoisotopic (exact) mass is 404 g/mol. The Morgan fingerprint density at radius 3 is 2.44 bits per heavy atom. The van der Waals surface area contributed by atoms with Crippen LogP contribution in [0.15, 0.2) is 41.8 Å². The normalized spacial score (nSPS) is 14.6. The Morgan fingerprint density at radius 2 is 1.89 bits per heavy atom. The van der Waals surface area contributed by atoms with Crippen LogP contribution in [0.5, 0.6) is 0 Å². The van der Waals surface area contributed by atoms with Gasteiger partial charge in [0.25, 0.3) is 0 Å². The van der Waals surface area contributed by atoms with Gasteiger partial charge in [-0.1, -0.05) is 30.3 Å². The molecule has 2 aromatic rings. The molecule has 1 aromatic carbocycles. The minimum Gasteiger partial charge on any atom is -0.332 e. The number of hydrogen-bond donors (Lipinski definition) is 0. The number of nitrogens with zero attached hydrogens (tertiary/aromatic N) is 2. The Hall–Kier alpha value is -1.85. The van der Waals surface area contributed by atoms with Crippen molar-refractivity contribution in [1.29, 1.82) is 0 Å². The van der Waals surface area contributed by atoms with Gasteiger partial charge in [-0.3, -0.25) is 9.59 Å². The number of alkyl halides is 1. The van der Waals surface area contributed by atoms with Gasteiger partial charge < -0.3 is 9.80 Å². The zero-order chi connectivity index (χ0) is 19.4. The van der Waals surface area contributed by atoms with E-state index >= 15 is 0 Å². The first-order valence-electron chi connectivity index (χ1n) is 9.25. The Balaban J connectivity index is 1.77. The van der Waals surface area contributed by atoms with Gasteiger partial charge in [0.15, 0.2) is 0 Å². The maximum Gasteiger partial charge on any atom is 0.242 e. The summed E-state index contributed by atoms with van der Waals surface area (Å²) in [5.74, 6) is -0.191. The van der Waals surface area contributed by atoms with E-state index < -0.39 is 5.38 Å². The fourth-order valence-corrected chi connectivity index (χ4v) is 4.07. The number of rotatable bonds is 8. The molecule has 1 saturated carbocycles. The second kappa shape index (κ2) is 8.89. The Labute approximate surface area is 169 Å². The molecular formula is C21H25ClN2O2S. The smallest absolute Gasteiger partial charge is 0.242 e. The van der Waals surface area contributed by atoms with Crippen molar-refractivity contribution in [1.82, 2.24) is 9.80 Å². The number of amides is 2. The molecule has 0 spiro atoms. The number of hydrogen-bond acceptors (Lipinski definition) is 3. The van der Waals surface area contributed by atoms with Crippen LogP contribution in [-0.2, 0) is 22.7 Å². The average molecular weight is 405 g/mol. The third kappa shape index (κ3) is 5.33. The van der Waals surface area contributed by atoms with Crippen molar-refractivity contribution in [2.24, 2.45) is 0 Å². The van der Waals surface area contributed by atoms with Crippen molar-refractivity contribution in [3.8, 4) is 0 Å². The molecule has 3 rings (SSSR count). The van der Waals surface area contributed by atoms with Crippen LogP contribution >= 0.6 is 22.9 Å². The van der Waals surface area contributed by atoms with Crippen LogP contribution in [0, 0.1) is 6.92 Å². The highest BCUT2D eigenvalue weighted by Crippen LogP contribution is 2.28. The summed E-state index contributed by atoms with van der Waals surface area (Å²) in [6.07, 6.45) is 1.90. The maximum absolute atomic E-state index is 13.1. The van der Waals surface area contributed by atoms with Gasteiger partial charge in [-0.2, -0.15) is 0 Å². The molecule has 0 aliphatic heterocycles. The maximum atomic E-state index is 13.1. The standard InChI is InChI=1S/C21H25ClN2O2S/c1-15-10-11-27-19(15)13-23(12-17-6-4-3-5-7-17)20(25)14-24(18-8-9-18)21(26)16(2)22/h3-7,10-11,16,18H,8-9,12-14H2,1-2H3. The van der Waals surface area contributed by atoms with Crippen LogP contribution in [0.3, 0.4) is 0 Å². The van der Waals surface area contributed by atoms with Crippen LogP contribution < -0.4 is 0 Å². The summed E-state index contributed by atoms with van der Waals surface area (Å²) in [6.45, 7) is 4.91. The summed E-state index contributed by atoms with van der Waals surface area (Å²) in [6, 6.07) is 12.2. The number of halogens is 1. The minimum atomic E-state index is -0.611. The molecule has 0 radical (unpaired) electrons. The Kier molecular flexibility index (Phi) is 6.55. The van der Waals surface area contributed by atoms with Crippen molar-refractivity contribution in [2.45, 2.75) is 51.2 Å². The van der Waals surface area contributed by atoms with Gasteiger partial charge >= 0.3 is 0 Å². The van der Waals surface area contributed by atoms with E-state index in [9.17, 15) is 9.59 Å². The van der Waals surface area contributed by atoms with E-state index in [1.54, 1.807) is 23.2 Å². The SMILES string of the molecule is Cc1ccsc1CN(Cc1ccccc1)C(=O)CN(C(=O)C(C)Cl)C1CC1. The van der Waals surface area contributed by atoms with E-state index in [-0.39, 0.29) is 24.4 Å². The van der Waals surface area contributed by atoms with Crippen molar-refractivity contribution >= 4 is 34.8 Å².